The molecule has 2 aromatic rings. The highest BCUT2D eigenvalue weighted by atomic mass is 35.5. The van der Waals surface area contributed by atoms with Gasteiger partial charge in [0.2, 0.25) is 5.91 Å². The first-order valence-electron chi connectivity index (χ1n) is 10.9. The quantitative estimate of drug-likeness (QED) is 0.687. The fourth-order valence-electron chi connectivity index (χ4n) is 4.51. The van der Waals surface area contributed by atoms with Crippen LogP contribution in [0.2, 0.25) is 5.15 Å². The molecule has 1 spiro atoms. The van der Waals surface area contributed by atoms with Gasteiger partial charge in [0.15, 0.2) is 0 Å². The van der Waals surface area contributed by atoms with E-state index in [1.165, 1.54) is 0 Å². The number of nitrogens with zero attached hydrogens (tertiary/aromatic N) is 5. The molecule has 32 heavy (non-hydrogen) atoms. The highest BCUT2D eigenvalue weighted by Gasteiger charge is 2.49. The van der Waals surface area contributed by atoms with Gasteiger partial charge in [-0.2, -0.15) is 5.10 Å². The second kappa shape index (κ2) is 8.10. The number of aromatic nitrogens is 3. The number of rotatable bonds is 3. The van der Waals surface area contributed by atoms with E-state index in [4.69, 9.17) is 20.9 Å². The molecule has 2 fully saturated rings. The predicted octanol–water partition coefficient (Wildman–Crippen LogP) is 3.79. The van der Waals surface area contributed by atoms with Crippen LogP contribution in [0.5, 0.6) is 0 Å². The van der Waals surface area contributed by atoms with E-state index < -0.39 is 11.0 Å². The molecule has 2 aromatic heterocycles. The second-order valence-electron chi connectivity index (χ2n) is 9.79. The van der Waals surface area contributed by atoms with E-state index in [1.54, 1.807) is 16.6 Å². The van der Waals surface area contributed by atoms with E-state index in [0.29, 0.717) is 61.3 Å². The number of likely N-dealkylation sites (tertiary alicyclic amines) is 2. The van der Waals surface area contributed by atoms with Crippen molar-refractivity contribution in [2.75, 3.05) is 19.6 Å². The largest absolute Gasteiger partial charge is 0.444 e. The van der Waals surface area contributed by atoms with Gasteiger partial charge >= 0.3 is 6.09 Å². The van der Waals surface area contributed by atoms with Crippen LogP contribution >= 0.6 is 11.6 Å². The summed E-state index contributed by atoms with van der Waals surface area (Å²) in [6.07, 6.45) is 1.73. The van der Waals surface area contributed by atoms with Crippen molar-refractivity contribution >= 4 is 23.6 Å². The van der Waals surface area contributed by atoms with Crippen molar-refractivity contribution in [2.24, 2.45) is 12.5 Å². The third-order valence-corrected chi connectivity index (χ3v) is 6.73. The standard InChI is InChI=1S/C22H30ClN5O4/c1-14-12-16(25-32-14)17-15(18(23)26(5)24-17)13-28-11-8-22(19(28)29)6-9-27(10-7-22)20(30)31-21(2,3)4/h12H,6-11,13H2,1-5H3. The molecule has 2 saturated heterocycles. The van der Waals surface area contributed by atoms with Crippen molar-refractivity contribution in [3.63, 3.8) is 0 Å². The Morgan fingerprint density at radius 1 is 1.25 bits per heavy atom. The van der Waals surface area contributed by atoms with Crippen LogP contribution in [0.4, 0.5) is 4.79 Å². The number of halogens is 1. The molecule has 2 aliphatic heterocycles. The molecule has 0 radical (unpaired) electrons. The molecule has 0 unspecified atom stereocenters. The molecule has 2 aliphatic rings. The third-order valence-electron chi connectivity index (χ3n) is 6.26. The van der Waals surface area contributed by atoms with Gasteiger partial charge in [-0.1, -0.05) is 16.8 Å². The molecule has 9 nitrogen and oxygen atoms in total. The summed E-state index contributed by atoms with van der Waals surface area (Å²) in [5, 5.41) is 9.04. The van der Waals surface area contributed by atoms with Crippen LogP contribution in [0.1, 0.15) is 51.4 Å². The Morgan fingerprint density at radius 2 is 1.91 bits per heavy atom. The summed E-state index contributed by atoms with van der Waals surface area (Å²) in [5.41, 5.74) is 1.03. The van der Waals surface area contributed by atoms with Crippen LogP contribution in [-0.4, -0.2) is 62.0 Å². The number of piperidine rings is 1. The second-order valence-corrected chi connectivity index (χ2v) is 10.1. The van der Waals surface area contributed by atoms with E-state index in [1.807, 2.05) is 38.7 Å². The smallest absolute Gasteiger partial charge is 0.410 e. The van der Waals surface area contributed by atoms with Crippen molar-refractivity contribution in [1.82, 2.24) is 24.7 Å². The van der Waals surface area contributed by atoms with Gasteiger partial charge in [0.1, 0.15) is 27.9 Å². The van der Waals surface area contributed by atoms with Crippen LogP contribution in [0, 0.1) is 12.3 Å². The minimum atomic E-state index is -0.532. The lowest BCUT2D eigenvalue weighted by Gasteiger charge is -2.38. The van der Waals surface area contributed by atoms with E-state index in [9.17, 15) is 9.59 Å². The zero-order valence-corrected chi connectivity index (χ0v) is 20.0. The lowest BCUT2D eigenvalue weighted by Crippen LogP contribution is -2.47. The molecule has 0 aliphatic carbocycles. The Balaban J connectivity index is 1.46. The Kier molecular flexibility index (Phi) is 5.73. The molecule has 174 valence electrons. The summed E-state index contributed by atoms with van der Waals surface area (Å²) in [6.45, 7) is 9.43. The maximum Gasteiger partial charge on any atom is 0.410 e. The summed E-state index contributed by atoms with van der Waals surface area (Å²) >= 11 is 6.53. The first kappa shape index (κ1) is 22.6. The molecule has 0 bridgehead atoms. The van der Waals surface area contributed by atoms with Crippen molar-refractivity contribution in [3.8, 4) is 11.4 Å². The molecule has 0 saturated carbocycles. The third kappa shape index (κ3) is 4.22. The molecule has 0 atom stereocenters. The van der Waals surface area contributed by atoms with Crippen LogP contribution < -0.4 is 0 Å². The van der Waals surface area contributed by atoms with E-state index in [2.05, 4.69) is 10.3 Å². The van der Waals surface area contributed by atoms with Gasteiger partial charge in [0.25, 0.3) is 0 Å². The Bertz CT molecular complexity index is 1030. The number of carbonyl (C=O) groups is 2. The molecular weight excluding hydrogens is 434 g/mol. The summed E-state index contributed by atoms with van der Waals surface area (Å²) in [6, 6.07) is 1.81. The van der Waals surface area contributed by atoms with Gasteiger partial charge in [0, 0.05) is 38.3 Å². The monoisotopic (exact) mass is 463 g/mol. The fourth-order valence-corrected chi connectivity index (χ4v) is 4.70. The molecule has 4 heterocycles. The van der Waals surface area contributed by atoms with Crippen LogP contribution in [-0.2, 0) is 23.1 Å². The minimum absolute atomic E-state index is 0.114. The van der Waals surface area contributed by atoms with Gasteiger partial charge in [0.05, 0.1) is 12.0 Å². The summed E-state index contributed by atoms with van der Waals surface area (Å²) in [5.74, 6) is 0.796. The lowest BCUT2D eigenvalue weighted by molar-refractivity contribution is -0.138. The Hall–Kier alpha value is -2.55. The minimum Gasteiger partial charge on any atom is -0.444 e. The SMILES string of the molecule is Cc1cc(-c2nn(C)c(Cl)c2CN2CCC3(CCN(C(=O)OC(C)(C)C)CC3)C2=O)no1. The lowest BCUT2D eigenvalue weighted by atomic mass is 9.77. The zero-order chi connectivity index (χ0) is 23.3. The molecule has 0 N–H and O–H groups in total. The summed E-state index contributed by atoms with van der Waals surface area (Å²) < 4.78 is 12.3. The Morgan fingerprint density at radius 3 is 2.50 bits per heavy atom. The van der Waals surface area contributed by atoms with Gasteiger partial charge in [-0.05, 0) is 47.0 Å². The van der Waals surface area contributed by atoms with Crippen LogP contribution in [0.3, 0.4) is 0 Å². The fraction of sp³-hybridized carbons (Fsp3) is 0.636. The van der Waals surface area contributed by atoms with Crippen LogP contribution in [0.25, 0.3) is 11.4 Å². The normalized spacial score (nSPS) is 18.6. The maximum atomic E-state index is 13.4. The number of ether oxygens (including phenoxy) is 1. The maximum absolute atomic E-state index is 13.4. The van der Waals surface area contributed by atoms with Crippen molar-refractivity contribution in [2.45, 2.75) is 59.1 Å². The highest BCUT2D eigenvalue weighted by Crippen LogP contribution is 2.43. The number of hydrogen-bond acceptors (Lipinski definition) is 6. The molecular formula is C22H30ClN5O4. The van der Waals surface area contributed by atoms with Crippen molar-refractivity contribution in [3.05, 3.63) is 22.5 Å². The van der Waals surface area contributed by atoms with Crippen molar-refractivity contribution < 1.29 is 18.8 Å². The number of carbonyl (C=O) groups excluding carboxylic acids is 2. The van der Waals surface area contributed by atoms with E-state index >= 15 is 0 Å². The number of amides is 2. The molecule has 0 aromatic carbocycles. The molecule has 4 rings (SSSR count). The highest BCUT2D eigenvalue weighted by molar-refractivity contribution is 6.30. The van der Waals surface area contributed by atoms with Crippen LogP contribution in [0.15, 0.2) is 10.6 Å². The average Bonchev–Trinajstić information content (AvgIpc) is 3.36. The van der Waals surface area contributed by atoms with Gasteiger partial charge in [-0.25, -0.2) is 4.79 Å². The van der Waals surface area contributed by atoms with Gasteiger partial charge < -0.3 is 19.1 Å². The van der Waals surface area contributed by atoms with E-state index in [0.717, 1.165) is 12.0 Å². The summed E-state index contributed by atoms with van der Waals surface area (Å²) in [4.78, 5) is 29.4. The number of aryl methyl sites for hydroxylation is 2. The first-order chi connectivity index (χ1) is 15.0. The number of hydrogen-bond donors (Lipinski definition) is 0. The zero-order valence-electron chi connectivity index (χ0n) is 19.3. The predicted molar refractivity (Wildman–Crippen MR) is 118 cm³/mol. The summed E-state index contributed by atoms with van der Waals surface area (Å²) in [7, 11) is 1.77. The van der Waals surface area contributed by atoms with Crippen molar-refractivity contribution in [1.29, 1.82) is 0 Å². The Labute approximate surface area is 192 Å². The molecule has 2 amide bonds. The van der Waals surface area contributed by atoms with E-state index in [-0.39, 0.29) is 12.0 Å². The molecule has 10 heteroatoms. The average molecular weight is 464 g/mol. The first-order valence-corrected chi connectivity index (χ1v) is 11.3. The van der Waals surface area contributed by atoms with Gasteiger partial charge in [-0.3, -0.25) is 9.48 Å². The topological polar surface area (TPSA) is 93.7 Å². The van der Waals surface area contributed by atoms with Gasteiger partial charge in [-0.15, -0.1) is 0 Å².